The van der Waals surface area contributed by atoms with Crippen molar-refractivity contribution < 1.29 is 18.5 Å². The van der Waals surface area contributed by atoms with Crippen molar-refractivity contribution in [3.8, 4) is 11.5 Å². The number of amides is 2. The number of benzene rings is 1. The number of likely N-dealkylation sites (tertiary alicyclic amines) is 1. The van der Waals surface area contributed by atoms with Crippen LogP contribution in [0.4, 0.5) is 0 Å². The van der Waals surface area contributed by atoms with Crippen molar-refractivity contribution in [2.24, 2.45) is 0 Å². The Hall–Kier alpha value is -3.42. The zero-order valence-electron chi connectivity index (χ0n) is 16.1. The SMILES string of the molecule is Cc1cc(CC(=O)N2CCCC2C(=O)NCc2ccc(-c3ncco3)cc2)on1. The first-order valence-corrected chi connectivity index (χ1v) is 9.58. The molecule has 0 spiro atoms. The van der Waals surface area contributed by atoms with Crippen LogP contribution >= 0.6 is 0 Å². The van der Waals surface area contributed by atoms with E-state index in [4.69, 9.17) is 8.94 Å². The van der Waals surface area contributed by atoms with E-state index in [-0.39, 0.29) is 18.2 Å². The number of rotatable bonds is 6. The van der Waals surface area contributed by atoms with Gasteiger partial charge in [-0.3, -0.25) is 9.59 Å². The van der Waals surface area contributed by atoms with Crippen LogP contribution in [-0.4, -0.2) is 39.4 Å². The maximum absolute atomic E-state index is 12.7. The van der Waals surface area contributed by atoms with Crippen LogP contribution in [0.1, 0.15) is 29.9 Å². The zero-order chi connectivity index (χ0) is 20.2. The Bertz CT molecular complexity index is 979. The van der Waals surface area contributed by atoms with Crippen LogP contribution in [0.3, 0.4) is 0 Å². The fraction of sp³-hybridized carbons (Fsp3) is 0.333. The fourth-order valence-corrected chi connectivity index (χ4v) is 3.53. The molecule has 29 heavy (non-hydrogen) atoms. The largest absolute Gasteiger partial charge is 0.445 e. The molecule has 3 aromatic rings. The van der Waals surface area contributed by atoms with Gasteiger partial charge in [-0.2, -0.15) is 0 Å². The number of nitrogens with zero attached hydrogens (tertiary/aromatic N) is 3. The average Bonchev–Trinajstić information content (AvgIpc) is 3.48. The first kappa shape index (κ1) is 18.9. The van der Waals surface area contributed by atoms with Crippen LogP contribution in [0, 0.1) is 6.92 Å². The Kier molecular flexibility index (Phi) is 5.41. The molecule has 150 valence electrons. The molecule has 0 saturated carbocycles. The smallest absolute Gasteiger partial charge is 0.243 e. The van der Waals surface area contributed by atoms with E-state index in [1.165, 1.54) is 6.26 Å². The first-order chi connectivity index (χ1) is 14.1. The van der Waals surface area contributed by atoms with Crippen LogP contribution in [0.15, 0.2) is 51.7 Å². The molecule has 1 fully saturated rings. The number of oxazole rings is 1. The molecule has 1 N–H and O–H groups in total. The Morgan fingerprint density at radius 2 is 2.10 bits per heavy atom. The summed E-state index contributed by atoms with van der Waals surface area (Å²) in [5.41, 5.74) is 2.57. The van der Waals surface area contributed by atoms with Crippen molar-refractivity contribution >= 4 is 11.8 Å². The normalized spacial score (nSPS) is 16.2. The van der Waals surface area contributed by atoms with Gasteiger partial charge in [0, 0.05) is 24.7 Å². The number of aromatic nitrogens is 2. The summed E-state index contributed by atoms with van der Waals surface area (Å²) >= 11 is 0. The van der Waals surface area contributed by atoms with Crippen LogP contribution < -0.4 is 5.32 Å². The first-order valence-electron chi connectivity index (χ1n) is 9.58. The highest BCUT2D eigenvalue weighted by Gasteiger charge is 2.34. The van der Waals surface area contributed by atoms with Crippen LogP contribution in [0.5, 0.6) is 0 Å². The van der Waals surface area contributed by atoms with Crippen molar-refractivity contribution in [3.05, 3.63) is 59.8 Å². The van der Waals surface area contributed by atoms with Crippen molar-refractivity contribution in [2.45, 2.75) is 38.8 Å². The highest BCUT2D eigenvalue weighted by molar-refractivity contribution is 5.88. The van der Waals surface area contributed by atoms with E-state index in [1.54, 1.807) is 24.1 Å². The summed E-state index contributed by atoms with van der Waals surface area (Å²) in [4.78, 5) is 31.0. The predicted octanol–water partition coefficient (Wildman–Crippen LogP) is 2.49. The fourth-order valence-electron chi connectivity index (χ4n) is 3.53. The van der Waals surface area contributed by atoms with Crippen molar-refractivity contribution in [1.82, 2.24) is 20.4 Å². The Morgan fingerprint density at radius 3 is 2.79 bits per heavy atom. The van der Waals surface area contributed by atoms with Gasteiger partial charge in [-0.25, -0.2) is 4.98 Å². The van der Waals surface area contributed by atoms with E-state index in [0.717, 1.165) is 23.2 Å². The molecule has 8 heteroatoms. The third-order valence-corrected chi connectivity index (χ3v) is 4.98. The van der Waals surface area contributed by atoms with Crippen LogP contribution in [0.25, 0.3) is 11.5 Å². The molecular weight excluding hydrogens is 372 g/mol. The molecule has 8 nitrogen and oxygen atoms in total. The van der Waals surface area contributed by atoms with Gasteiger partial charge in [-0.15, -0.1) is 0 Å². The predicted molar refractivity (Wildman–Crippen MR) is 103 cm³/mol. The van der Waals surface area contributed by atoms with E-state index in [9.17, 15) is 9.59 Å². The number of carbonyl (C=O) groups excluding carboxylic acids is 2. The topological polar surface area (TPSA) is 101 Å². The summed E-state index contributed by atoms with van der Waals surface area (Å²) in [5, 5.41) is 6.74. The minimum absolute atomic E-state index is 0.117. The lowest BCUT2D eigenvalue weighted by atomic mass is 10.1. The van der Waals surface area contributed by atoms with Crippen molar-refractivity contribution in [1.29, 1.82) is 0 Å². The third-order valence-electron chi connectivity index (χ3n) is 4.98. The minimum Gasteiger partial charge on any atom is -0.445 e. The minimum atomic E-state index is -0.446. The van der Waals surface area contributed by atoms with Gasteiger partial charge in [0.15, 0.2) is 0 Å². The molecular formula is C21H22N4O4. The summed E-state index contributed by atoms with van der Waals surface area (Å²) in [6.07, 6.45) is 4.72. The molecule has 3 heterocycles. The highest BCUT2D eigenvalue weighted by Crippen LogP contribution is 2.20. The quantitative estimate of drug-likeness (QED) is 0.689. The van der Waals surface area contributed by atoms with Gasteiger partial charge < -0.3 is 19.2 Å². The van der Waals surface area contributed by atoms with E-state index >= 15 is 0 Å². The molecule has 1 aromatic carbocycles. The van der Waals surface area contributed by atoms with E-state index < -0.39 is 6.04 Å². The summed E-state index contributed by atoms with van der Waals surface area (Å²) < 4.78 is 10.4. The van der Waals surface area contributed by atoms with Gasteiger partial charge in [0.2, 0.25) is 17.7 Å². The van der Waals surface area contributed by atoms with Crippen LogP contribution in [0.2, 0.25) is 0 Å². The highest BCUT2D eigenvalue weighted by atomic mass is 16.5. The number of aryl methyl sites for hydroxylation is 1. The van der Waals surface area contributed by atoms with Gasteiger partial charge in [0.05, 0.1) is 18.3 Å². The third kappa shape index (κ3) is 4.37. The molecule has 0 bridgehead atoms. The second-order valence-corrected chi connectivity index (χ2v) is 7.11. The molecule has 2 amide bonds. The van der Waals surface area contributed by atoms with Crippen molar-refractivity contribution in [3.63, 3.8) is 0 Å². The molecule has 1 atom stereocenters. The summed E-state index contributed by atoms with van der Waals surface area (Å²) in [6.45, 7) is 2.78. The number of hydrogen-bond donors (Lipinski definition) is 1. The van der Waals surface area contributed by atoms with E-state index in [2.05, 4.69) is 15.5 Å². The Morgan fingerprint density at radius 1 is 1.28 bits per heavy atom. The summed E-state index contributed by atoms with van der Waals surface area (Å²) in [5.74, 6) is 0.822. The van der Waals surface area contributed by atoms with E-state index in [1.807, 2.05) is 24.3 Å². The molecule has 0 aliphatic carbocycles. The second-order valence-electron chi connectivity index (χ2n) is 7.11. The van der Waals surface area contributed by atoms with E-state index in [0.29, 0.717) is 31.2 Å². The van der Waals surface area contributed by atoms with Gasteiger partial charge in [0.1, 0.15) is 18.1 Å². The zero-order valence-corrected chi connectivity index (χ0v) is 16.1. The lowest BCUT2D eigenvalue weighted by molar-refractivity contribution is -0.138. The number of carbonyl (C=O) groups is 2. The molecule has 2 aromatic heterocycles. The lowest BCUT2D eigenvalue weighted by Gasteiger charge is -2.23. The molecule has 0 radical (unpaired) electrons. The monoisotopic (exact) mass is 394 g/mol. The second kappa shape index (κ2) is 8.30. The summed E-state index contributed by atoms with van der Waals surface area (Å²) in [6, 6.07) is 8.94. The summed E-state index contributed by atoms with van der Waals surface area (Å²) in [7, 11) is 0. The standard InChI is InChI=1S/C21H22N4O4/c1-14-11-17(29-24-14)12-19(26)25-9-2-3-18(25)20(27)23-13-15-4-6-16(7-5-15)21-22-8-10-28-21/h4-8,10-11,18H,2-3,9,12-13H2,1H3,(H,23,27). The van der Waals surface area contributed by atoms with Gasteiger partial charge in [-0.05, 0) is 37.5 Å². The van der Waals surface area contributed by atoms with Gasteiger partial charge in [-0.1, -0.05) is 17.3 Å². The number of nitrogens with one attached hydrogen (secondary N) is 1. The lowest BCUT2D eigenvalue weighted by Crippen LogP contribution is -2.46. The Labute approximate surface area is 167 Å². The molecule has 1 aliphatic heterocycles. The maximum Gasteiger partial charge on any atom is 0.243 e. The molecule has 1 unspecified atom stereocenters. The molecule has 4 rings (SSSR count). The number of hydrogen-bond acceptors (Lipinski definition) is 6. The van der Waals surface area contributed by atoms with Crippen molar-refractivity contribution in [2.75, 3.05) is 6.54 Å². The molecule has 1 saturated heterocycles. The van der Waals surface area contributed by atoms with Gasteiger partial charge in [0.25, 0.3) is 0 Å². The molecule has 1 aliphatic rings. The maximum atomic E-state index is 12.7. The average molecular weight is 394 g/mol. The van der Waals surface area contributed by atoms with Crippen LogP contribution in [-0.2, 0) is 22.6 Å². The van der Waals surface area contributed by atoms with Gasteiger partial charge >= 0.3 is 0 Å². The Balaban J connectivity index is 1.33.